The molecule has 1 rings (SSSR count). The second kappa shape index (κ2) is 8.90. The van der Waals surface area contributed by atoms with Crippen molar-refractivity contribution in [2.75, 3.05) is 6.61 Å². The maximum Gasteiger partial charge on any atom is 0.344 e. The van der Waals surface area contributed by atoms with E-state index in [1.165, 1.54) is 6.92 Å². The number of aryl methyl sites for hydroxylation is 2. The number of para-hydroxylation sites is 1. The van der Waals surface area contributed by atoms with Crippen LogP contribution >= 0.6 is 0 Å². The maximum absolute atomic E-state index is 11.8. The number of nitrogens with one attached hydrogen (secondary N) is 2. The molecule has 0 unspecified atom stereocenters. The van der Waals surface area contributed by atoms with Crippen molar-refractivity contribution < 1.29 is 23.9 Å². The van der Waals surface area contributed by atoms with E-state index < -0.39 is 24.0 Å². The monoisotopic (exact) mass is 336 g/mol. The van der Waals surface area contributed by atoms with E-state index in [0.29, 0.717) is 5.75 Å². The third-order valence-electron chi connectivity index (χ3n) is 3.08. The highest BCUT2D eigenvalue weighted by atomic mass is 16.6. The molecule has 1 aromatic rings. The van der Waals surface area contributed by atoms with Crippen LogP contribution in [-0.4, -0.2) is 36.7 Å². The van der Waals surface area contributed by atoms with Gasteiger partial charge in [-0.1, -0.05) is 18.2 Å². The van der Waals surface area contributed by atoms with E-state index in [1.54, 1.807) is 13.8 Å². The zero-order valence-electron chi connectivity index (χ0n) is 14.6. The third kappa shape index (κ3) is 6.28. The lowest BCUT2D eigenvalue weighted by Crippen LogP contribution is -2.46. The summed E-state index contributed by atoms with van der Waals surface area (Å²) in [6.07, 6.45) is -1.10. The smallest absolute Gasteiger partial charge is 0.344 e. The van der Waals surface area contributed by atoms with Gasteiger partial charge in [0.15, 0.2) is 12.7 Å². The Labute approximate surface area is 141 Å². The normalized spacial score (nSPS) is 11.6. The molecule has 0 heterocycles. The van der Waals surface area contributed by atoms with Crippen molar-refractivity contribution in [2.24, 2.45) is 0 Å². The number of imide groups is 1. The van der Waals surface area contributed by atoms with E-state index in [2.05, 4.69) is 10.6 Å². The van der Waals surface area contributed by atoms with E-state index in [0.717, 1.165) is 11.1 Å². The highest BCUT2D eigenvalue weighted by Crippen LogP contribution is 2.22. The summed E-state index contributed by atoms with van der Waals surface area (Å²) < 4.78 is 10.4. The lowest BCUT2D eigenvalue weighted by Gasteiger charge is -2.15. The van der Waals surface area contributed by atoms with Crippen molar-refractivity contribution in [3.8, 4) is 5.75 Å². The van der Waals surface area contributed by atoms with Gasteiger partial charge in [0.25, 0.3) is 5.91 Å². The molecule has 0 bridgehead atoms. The number of rotatable bonds is 6. The van der Waals surface area contributed by atoms with Crippen LogP contribution in [0.5, 0.6) is 5.75 Å². The number of amides is 3. The average molecular weight is 336 g/mol. The van der Waals surface area contributed by atoms with Gasteiger partial charge in [-0.15, -0.1) is 0 Å². The molecule has 7 nitrogen and oxygen atoms in total. The first-order valence-electron chi connectivity index (χ1n) is 7.70. The van der Waals surface area contributed by atoms with Crippen LogP contribution in [0.25, 0.3) is 0 Å². The molecule has 0 aliphatic carbocycles. The van der Waals surface area contributed by atoms with Gasteiger partial charge >= 0.3 is 12.0 Å². The van der Waals surface area contributed by atoms with Crippen molar-refractivity contribution in [1.29, 1.82) is 0 Å². The predicted octanol–water partition coefficient (Wildman–Crippen LogP) is 1.85. The molecule has 0 saturated heterocycles. The second-order valence-corrected chi connectivity index (χ2v) is 5.76. The Morgan fingerprint density at radius 3 is 2.21 bits per heavy atom. The van der Waals surface area contributed by atoms with Crippen LogP contribution in [0.2, 0.25) is 0 Å². The summed E-state index contributed by atoms with van der Waals surface area (Å²) >= 11 is 0. The number of hydrogen-bond donors (Lipinski definition) is 2. The van der Waals surface area contributed by atoms with Crippen molar-refractivity contribution in [1.82, 2.24) is 10.6 Å². The lowest BCUT2D eigenvalue weighted by molar-refractivity contribution is -0.156. The third-order valence-corrected chi connectivity index (χ3v) is 3.08. The second-order valence-electron chi connectivity index (χ2n) is 5.76. The number of benzene rings is 1. The van der Waals surface area contributed by atoms with Crippen LogP contribution in [0.3, 0.4) is 0 Å². The number of esters is 1. The van der Waals surface area contributed by atoms with E-state index in [-0.39, 0.29) is 12.6 Å². The fraction of sp³-hybridized carbons (Fsp3) is 0.471. The molecule has 0 aliphatic heterocycles. The van der Waals surface area contributed by atoms with Gasteiger partial charge in [-0.3, -0.25) is 10.1 Å². The Hall–Kier alpha value is -2.57. The van der Waals surface area contributed by atoms with Crippen LogP contribution in [0, 0.1) is 13.8 Å². The van der Waals surface area contributed by atoms with Gasteiger partial charge in [0, 0.05) is 6.04 Å². The van der Waals surface area contributed by atoms with Crippen LogP contribution in [0.1, 0.15) is 31.9 Å². The van der Waals surface area contributed by atoms with Gasteiger partial charge in [-0.2, -0.15) is 0 Å². The topological polar surface area (TPSA) is 93.7 Å². The minimum Gasteiger partial charge on any atom is -0.481 e. The molecule has 2 N–H and O–H groups in total. The van der Waals surface area contributed by atoms with Gasteiger partial charge in [-0.25, -0.2) is 9.59 Å². The first kappa shape index (κ1) is 19.5. The first-order chi connectivity index (χ1) is 11.2. The van der Waals surface area contributed by atoms with Crippen molar-refractivity contribution in [3.63, 3.8) is 0 Å². The molecule has 0 saturated carbocycles. The summed E-state index contributed by atoms with van der Waals surface area (Å²) in [5.41, 5.74) is 1.80. The molecule has 0 aromatic heterocycles. The highest BCUT2D eigenvalue weighted by Gasteiger charge is 2.20. The molecule has 0 radical (unpaired) electrons. The molecule has 7 heteroatoms. The Morgan fingerprint density at radius 1 is 1.08 bits per heavy atom. The van der Waals surface area contributed by atoms with E-state index >= 15 is 0 Å². The van der Waals surface area contributed by atoms with Crippen LogP contribution < -0.4 is 15.4 Å². The zero-order chi connectivity index (χ0) is 18.3. The Bertz CT molecular complexity index is 593. The first-order valence-corrected chi connectivity index (χ1v) is 7.70. The van der Waals surface area contributed by atoms with E-state index in [4.69, 9.17) is 9.47 Å². The lowest BCUT2D eigenvalue weighted by atomic mass is 10.1. The standard InChI is InChI=1S/C17H24N2O5/c1-10(2)18-17(22)19-16(21)13(5)24-14(20)9-23-15-11(3)7-6-8-12(15)4/h6-8,10,13H,9H2,1-5H3,(H2,18,19,21,22)/t13-/m0/s1. The van der Waals surface area contributed by atoms with Crippen molar-refractivity contribution in [3.05, 3.63) is 29.3 Å². The fourth-order valence-electron chi connectivity index (χ4n) is 1.95. The number of urea groups is 1. The molecule has 132 valence electrons. The van der Waals surface area contributed by atoms with Gasteiger partial charge in [0.2, 0.25) is 0 Å². The number of carbonyl (C=O) groups is 3. The van der Waals surface area contributed by atoms with E-state index in [9.17, 15) is 14.4 Å². The quantitative estimate of drug-likeness (QED) is 0.773. The zero-order valence-corrected chi connectivity index (χ0v) is 14.6. The summed E-state index contributed by atoms with van der Waals surface area (Å²) in [5.74, 6) is -0.777. The number of hydrogen-bond acceptors (Lipinski definition) is 5. The molecule has 0 fully saturated rings. The fourth-order valence-corrected chi connectivity index (χ4v) is 1.95. The molecule has 0 spiro atoms. The van der Waals surface area contributed by atoms with Gasteiger partial charge in [0.05, 0.1) is 0 Å². The van der Waals surface area contributed by atoms with E-state index in [1.807, 2.05) is 32.0 Å². The number of carbonyl (C=O) groups excluding carboxylic acids is 3. The minimum atomic E-state index is -1.10. The summed E-state index contributed by atoms with van der Waals surface area (Å²) in [6.45, 7) is 8.33. The molecular formula is C17H24N2O5. The Morgan fingerprint density at radius 2 is 1.67 bits per heavy atom. The average Bonchev–Trinajstić information content (AvgIpc) is 2.45. The van der Waals surface area contributed by atoms with Crippen molar-refractivity contribution in [2.45, 2.75) is 46.8 Å². The van der Waals surface area contributed by atoms with Gasteiger partial charge < -0.3 is 14.8 Å². The minimum absolute atomic E-state index is 0.110. The molecule has 3 amide bonds. The van der Waals surface area contributed by atoms with Crippen molar-refractivity contribution >= 4 is 17.9 Å². The van der Waals surface area contributed by atoms with Gasteiger partial charge in [0.1, 0.15) is 5.75 Å². The summed E-state index contributed by atoms with van der Waals surface area (Å²) in [6, 6.07) is 4.89. The molecule has 1 atom stereocenters. The maximum atomic E-state index is 11.8. The highest BCUT2D eigenvalue weighted by molar-refractivity contribution is 5.97. The summed E-state index contributed by atoms with van der Waals surface area (Å²) in [5, 5.41) is 4.61. The van der Waals surface area contributed by atoms with Crippen LogP contribution in [-0.2, 0) is 14.3 Å². The van der Waals surface area contributed by atoms with Crippen LogP contribution in [0.15, 0.2) is 18.2 Å². The largest absolute Gasteiger partial charge is 0.481 e. The molecule has 24 heavy (non-hydrogen) atoms. The molecule has 0 aliphatic rings. The summed E-state index contributed by atoms with van der Waals surface area (Å²) in [4.78, 5) is 35.0. The Kier molecular flexibility index (Phi) is 7.23. The van der Waals surface area contributed by atoms with Crippen LogP contribution in [0.4, 0.5) is 4.79 Å². The number of ether oxygens (including phenoxy) is 2. The predicted molar refractivity (Wildman–Crippen MR) is 88.8 cm³/mol. The molecular weight excluding hydrogens is 312 g/mol. The SMILES string of the molecule is Cc1cccc(C)c1OCC(=O)O[C@@H](C)C(=O)NC(=O)NC(C)C. The molecule has 1 aromatic carbocycles. The Balaban J connectivity index is 2.46. The summed E-state index contributed by atoms with van der Waals surface area (Å²) in [7, 11) is 0. The van der Waals surface area contributed by atoms with Gasteiger partial charge in [-0.05, 0) is 45.7 Å².